The Labute approximate surface area is 184 Å². The Morgan fingerprint density at radius 3 is 2.52 bits per heavy atom. The number of rotatable bonds is 5. The molecule has 2 aromatic carbocycles. The van der Waals surface area contributed by atoms with Crippen molar-refractivity contribution in [3.8, 4) is 0 Å². The Hall–Kier alpha value is -2.66. The minimum atomic E-state index is -0.461. The highest BCUT2D eigenvalue weighted by molar-refractivity contribution is 5.89. The summed E-state index contributed by atoms with van der Waals surface area (Å²) in [4.78, 5) is 30.2. The van der Waals surface area contributed by atoms with Gasteiger partial charge in [0.1, 0.15) is 0 Å². The summed E-state index contributed by atoms with van der Waals surface area (Å²) >= 11 is 0. The van der Waals surface area contributed by atoms with E-state index in [2.05, 4.69) is 55.2 Å². The zero-order valence-corrected chi connectivity index (χ0v) is 18.8. The summed E-state index contributed by atoms with van der Waals surface area (Å²) in [5.41, 5.74) is 1.95. The number of carbonyl (C=O) groups excluding carboxylic acids is 2. The van der Waals surface area contributed by atoms with Crippen molar-refractivity contribution in [1.82, 2.24) is 9.80 Å². The summed E-state index contributed by atoms with van der Waals surface area (Å²) in [5, 5.41) is 2.36. The molecular weight excluding hydrogens is 388 g/mol. The second-order valence-corrected chi connectivity index (χ2v) is 9.13. The third kappa shape index (κ3) is 4.24. The van der Waals surface area contributed by atoms with Crippen molar-refractivity contribution >= 4 is 22.6 Å². The van der Waals surface area contributed by atoms with Gasteiger partial charge < -0.3 is 9.64 Å². The summed E-state index contributed by atoms with van der Waals surface area (Å²) in [7, 11) is 1.43. The molecule has 4 rings (SSSR count). The number of ether oxygens (including phenoxy) is 1. The van der Waals surface area contributed by atoms with Gasteiger partial charge in [0.25, 0.3) is 0 Å². The molecule has 1 unspecified atom stereocenters. The molecule has 0 radical (unpaired) electrons. The molecular formula is C26H32N2O3. The first-order valence-corrected chi connectivity index (χ1v) is 11.1. The highest BCUT2D eigenvalue weighted by Crippen LogP contribution is 2.45. The van der Waals surface area contributed by atoms with Crippen molar-refractivity contribution in [2.24, 2.45) is 5.92 Å². The molecule has 0 bridgehead atoms. The van der Waals surface area contributed by atoms with E-state index < -0.39 is 11.5 Å². The van der Waals surface area contributed by atoms with Gasteiger partial charge in [-0.25, -0.2) is 0 Å². The first kappa shape index (κ1) is 21.6. The maximum Gasteiger partial charge on any atom is 0.311 e. The molecule has 5 heteroatoms. The van der Waals surface area contributed by atoms with E-state index in [9.17, 15) is 9.59 Å². The third-order valence-electron chi connectivity index (χ3n) is 6.99. The van der Waals surface area contributed by atoms with Crippen LogP contribution in [0.4, 0.5) is 0 Å². The second-order valence-electron chi connectivity index (χ2n) is 9.13. The van der Waals surface area contributed by atoms with Gasteiger partial charge in [0, 0.05) is 32.6 Å². The number of allylic oxidation sites excluding steroid dienone is 1. The average Bonchev–Trinajstić information content (AvgIpc) is 3.04. The first-order valence-electron chi connectivity index (χ1n) is 11.1. The lowest BCUT2D eigenvalue weighted by Crippen LogP contribution is -2.57. The van der Waals surface area contributed by atoms with Gasteiger partial charge in [-0.05, 0) is 49.1 Å². The molecule has 1 spiro atoms. The Bertz CT molecular complexity index is 1000. The SMILES string of the molecule is COC(=O)C1CC(=O)N(Cc2ccc3ccccc3c2)C12CCN(CC=C(C)C)CC2. The van der Waals surface area contributed by atoms with Gasteiger partial charge in [0.05, 0.1) is 18.6 Å². The number of methoxy groups -OCH3 is 1. The predicted molar refractivity (Wildman–Crippen MR) is 122 cm³/mol. The fourth-order valence-corrected chi connectivity index (χ4v) is 5.17. The van der Waals surface area contributed by atoms with E-state index >= 15 is 0 Å². The van der Waals surface area contributed by atoms with Crippen LogP contribution >= 0.6 is 0 Å². The van der Waals surface area contributed by atoms with Crippen molar-refractivity contribution in [2.75, 3.05) is 26.7 Å². The third-order valence-corrected chi connectivity index (χ3v) is 6.99. The van der Waals surface area contributed by atoms with Crippen LogP contribution in [0, 0.1) is 5.92 Å². The molecule has 2 aromatic rings. The normalized spacial score (nSPS) is 20.9. The zero-order valence-electron chi connectivity index (χ0n) is 18.8. The van der Waals surface area contributed by atoms with Gasteiger partial charge in [-0.1, -0.05) is 48.0 Å². The first-order chi connectivity index (χ1) is 14.9. The number of nitrogens with zero attached hydrogens (tertiary/aromatic N) is 2. The summed E-state index contributed by atoms with van der Waals surface area (Å²) < 4.78 is 5.13. The lowest BCUT2D eigenvalue weighted by atomic mass is 9.76. The van der Waals surface area contributed by atoms with Gasteiger partial charge in [-0.15, -0.1) is 0 Å². The molecule has 0 aromatic heterocycles. The van der Waals surface area contributed by atoms with Crippen LogP contribution in [-0.4, -0.2) is 54.0 Å². The van der Waals surface area contributed by atoms with Crippen molar-refractivity contribution in [3.63, 3.8) is 0 Å². The van der Waals surface area contributed by atoms with Crippen molar-refractivity contribution in [1.29, 1.82) is 0 Å². The average molecular weight is 421 g/mol. The largest absolute Gasteiger partial charge is 0.469 e. The van der Waals surface area contributed by atoms with Gasteiger partial charge in [0.2, 0.25) is 5.91 Å². The smallest absolute Gasteiger partial charge is 0.311 e. The number of benzene rings is 2. The van der Waals surface area contributed by atoms with Crippen LogP contribution in [0.1, 0.15) is 38.7 Å². The number of hydrogen-bond acceptors (Lipinski definition) is 4. The fraction of sp³-hybridized carbons (Fsp3) is 0.462. The molecule has 2 fully saturated rings. The quantitative estimate of drug-likeness (QED) is 0.538. The lowest BCUT2D eigenvalue weighted by Gasteiger charge is -2.47. The van der Waals surface area contributed by atoms with E-state index in [0.29, 0.717) is 6.54 Å². The van der Waals surface area contributed by atoms with Gasteiger partial charge in [0.15, 0.2) is 0 Å². The number of likely N-dealkylation sites (tertiary alicyclic amines) is 2. The van der Waals surface area contributed by atoms with E-state index in [1.165, 1.54) is 23.5 Å². The topological polar surface area (TPSA) is 49.9 Å². The number of piperidine rings is 1. The molecule has 164 valence electrons. The van der Waals surface area contributed by atoms with Crippen LogP contribution in [-0.2, 0) is 20.9 Å². The molecule has 2 aliphatic heterocycles. The monoisotopic (exact) mass is 420 g/mol. The van der Waals surface area contributed by atoms with E-state index in [4.69, 9.17) is 4.74 Å². The maximum atomic E-state index is 13.1. The van der Waals surface area contributed by atoms with Crippen molar-refractivity contribution in [2.45, 2.75) is 45.2 Å². The Kier molecular flexibility index (Phi) is 6.15. The number of carbonyl (C=O) groups is 2. The number of esters is 1. The van der Waals surface area contributed by atoms with Crippen molar-refractivity contribution in [3.05, 3.63) is 59.7 Å². The highest BCUT2D eigenvalue weighted by Gasteiger charge is 2.56. The molecule has 1 atom stereocenters. The van der Waals surface area contributed by atoms with Gasteiger partial charge >= 0.3 is 5.97 Å². The van der Waals surface area contributed by atoms with Crippen LogP contribution in [0.25, 0.3) is 10.8 Å². The second kappa shape index (κ2) is 8.83. The summed E-state index contributed by atoms with van der Waals surface area (Å²) in [6, 6.07) is 14.6. The van der Waals surface area contributed by atoms with E-state index in [1.54, 1.807) is 0 Å². The zero-order chi connectivity index (χ0) is 22.0. The standard InChI is InChI=1S/C26H32N2O3/c1-19(2)10-13-27-14-11-26(12-15-27)23(25(30)31-3)17-24(29)28(26)18-20-8-9-21-6-4-5-7-22(21)16-20/h4-10,16,23H,11-15,17-18H2,1-3H3. The summed E-state index contributed by atoms with van der Waals surface area (Å²) in [6.45, 7) is 7.42. The lowest BCUT2D eigenvalue weighted by molar-refractivity contribution is -0.150. The van der Waals surface area contributed by atoms with Crippen LogP contribution in [0.2, 0.25) is 0 Å². The van der Waals surface area contributed by atoms with Crippen LogP contribution < -0.4 is 0 Å². The number of amides is 1. The molecule has 2 aliphatic rings. The molecule has 0 saturated carbocycles. The molecule has 0 N–H and O–H groups in total. The minimum Gasteiger partial charge on any atom is -0.469 e. The summed E-state index contributed by atoms with van der Waals surface area (Å²) in [5.74, 6) is -0.593. The van der Waals surface area contributed by atoms with Crippen LogP contribution in [0.15, 0.2) is 54.1 Å². The minimum absolute atomic E-state index is 0.0568. The van der Waals surface area contributed by atoms with Gasteiger partial charge in [-0.3, -0.25) is 14.5 Å². The van der Waals surface area contributed by atoms with E-state index in [0.717, 1.165) is 38.0 Å². The Balaban J connectivity index is 1.60. The van der Waals surface area contributed by atoms with E-state index in [1.807, 2.05) is 17.0 Å². The Morgan fingerprint density at radius 2 is 1.84 bits per heavy atom. The number of fused-ring (bicyclic) bond motifs is 1. The van der Waals surface area contributed by atoms with Crippen LogP contribution in [0.5, 0.6) is 0 Å². The van der Waals surface area contributed by atoms with Gasteiger partial charge in [-0.2, -0.15) is 0 Å². The van der Waals surface area contributed by atoms with Crippen LogP contribution in [0.3, 0.4) is 0 Å². The predicted octanol–water partition coefficient (Wildman–Crippen LogP) is 4.16. The molecule has 5 nitrogen and oxygen atoms in total. The molecule has 31 heavy (non-hydrogen) atoms. The molecule has 0 aliphatic carbocycles. The van der Waals surface area contributed by atoms with E-state index in [-0.39, 0.29) is 18.3 Å². The molecule has 2 saturated heterocycles. The number of hydrogen-bond donors (Lipinski definition) is 0. The maximum absolute atomic E-state index is 13.1. The molecule has 1 amide bonds. The fourth-order valence-electron chi connectivity index (χ4n) is 5.17. The van der Waals surface area contributed by atoms with Crippen molar-refractivity contribution < 1.29 is 14.3 Å². The Morgan fingerprint density at radius 1 is 1.13 bits per heavy atom. The molecule has 2 heterocycles. The summed E-state index contributed by atoms with van der Waals surface area (Å²) in [6.07, 6.45) is 4.07. The highest BCUT2D eigenvalue weighted by atomic mass is 16.5.